The van der Waals surface area contributed by atoms with Crippen molar-refractivity contribution in [2.45, 2.75) is 6.92 Å². The highest BCUT2D eigenvalue weighted by Gasteiger charge is 2.17. The molecule has 16 heavy (non-hydrogen) atoms. The Morgan fingerprint density at radius 2 is 2.00 bits per heavy atom. The fourth-order valence-corrected chi connectivity index (χ4v) is 1.85. The first-order valence-electron chi connectivity index (χ1n) is 4.52. The third-order valence-electron chi connectivity index (χ3n) is 1.68. The van der Waals surface area contributed by atoms with Gasteiger partial charge >= 0.3 is 10.2 Å². The van der Waals surface area contributed by atoms with Gasteiger partial charge in [-0.05, 0) is 12.1 Å². The predicted molar refractivity (Wildman–Crippen MR) is 56.5 cm³/mol. The van der Waals surface area contributed by atoms with Gasteiger partial charge in [0.25, 0.3) is 5.91 Å². The van der Waals surface area contributed by atoms with Crippen molar-refractivity contribution < 1.29 is 17.6 Å². The van der Waals surface area contributed by atoms with E-state index in [9.17, 15) is 17.6 Å². The second-order valence-corrected chi connectivity index (χ2v) is 4.41. The van der Waals surface area contributed by atoms with Gasteiger partial charge in [0, 0.05) is 6.54 Å². The largest absolute Gasteiger partial charge is 0.301 e. The molecule has 0 radical (unpaired) electrons. The standard InChI is InChI=1S/C9H11FN2O3S/c1-2-11-16(14,15)12-9(13)7-5-3-4-6-8(7)10/h3-6,11H,2H2,1H3,(H,12,13). The first kappa shape index (κ1) is 12.6. The maximum Gasteiger partial charge on any atom is 0.301 e. The number of hydrogen-bond acceptors (Lipinski definition) is 3. The minimum absolute atomic E-state index is 0.139. The van der Waals surface area contributed by atoms with Crippen LogP contribution in [0.1, 0.15) is 17.3 Å². The van der Waals surface area contributed by atoms with Crippen molar-refractivity contribution in [1.29, 1.82) is 0 Å². The summed E-state index contributed by atoms with van der Waals surface area (Å²) in [6, 6.07) is 5.13. The minimum Gasteiger partial charge on any atom is -0.268 e. The normalized spacial score (nSPS) is 11.1. The van der Waals surface area contributed by atoms with Crippen LogP contribution in [0.3, 0.4) is 0 Å². The van der Waals surface area contributed by atoms with Crippen LogP contribution in [0.15, 0.2) is 24.3 Å². The van der Waals surface area contributed by atoms with Crippen LogP contribution in [-0.4, -0.2) is 20.9 Å². The number of rotatable bonds is 4. The maximum atomic E-state index is 13.1. The first-order chi connectivity index (χ1) is 7.46. The first-order valence-corrected chi connectivity index (χ1v) is 6.01. The van der Waals surface area contributed by atoms with Crippen molar-refractivity contribution in [2.24, 2.45) is 0 Å². The van der Waals surface area contributed by atoms with E-state index >= 15 is 0 Å². The highest BCUT2D eigenvalue weighted by molar-refractivity contribution is 7.88. The fourth-order valence-electron chi connectivity index (χ4n) is 1.05. The molecule has 1 aromatic carbocycles. The lowest BCUT2D eigenvalue weighted by Crippen LogP contribution is -2.40. The summed E-state index contributed by atoms with van der Waals surface area (Å²) in [6.45, 7) is 1.70. The van der Waals surface area contributed by atoms with Crippen molar-refractivity contribution >= 4 is 16.1 Å². The van der Waals surface area contributed by atoms with E-state index in [2.05, 4.69) is 4.72 Å². The van der Waals surface area contributed by atoms with Gasteiger partial charge < -0.3 is 0 Å². The van der Waals surface area contributed by atoms with Crippen LogP contribution in [0.5, 0.6) is 0 Å². The number of hydrogen-bond donors (Lipinski definition) is 2. The van der Waals surface area contributed by atoms with E-state index in [1.807, 2.05) is 0 Å². The van der Waals surface area contributed by atoms with Gasteiger partial charge in [-0.3, -0.25) is 4.79 Å². The summed E-state index contributed by atoms with van der Waals surface area (Å²) >= 11 is 0. The molecule has 0 unspecified atom stereocenters. The molecular formula is C9H11FN2O3S. The monoisotopic (exact) mass is 246 g/mol. The van der Waals surface area contributed by atoms with Crippen LogP contribution in [0, 0.1) is 5.82 Å². The molecule has 0 fully saturated rings. The van der Waals surface area contributed by atoms with Crippen LogP contribution in [0.25, 0.3) is 0 Å². The second-order valence-electron chi connectivity index (χ2n) is 2.91. The van der Waals surface area contributed by atoms with E-state index in [1.165, 1.54) is 18.2 Å². The smallest absolute Gasteiger partial charge is 0.268 e. The highest BCUT2D eigenvalue weighted by atomic mass is 32.2. The predicted octanol–water partition coefficient (Wildman–Crippen LogP) is 0.410. The molecule has 1 rings (SSSR count). The Bertz CT molecular complexity index is 487. The molecule has 2 N–H and O–H groups in total. The zero-order chi connectivity index (χ0) is 12.2. The Hall–Kier alpha value is -1.47. The number of carbonyl (C=O) groups is 1. The van der Waals surface area contributed by atoms with Gasteiger partial charge in [0.15, 0.2) is 0 Å². The third kappa shape index (κ3) is 3.28. The summed E-state index contributed by atoms with van der Waals surface area (Å²) in [6.07, 6.45) is 0. The second kappa shape index (κ2) is 5.04. The topological polar surface area (TPSA) is 75.3 Å². The van der Waals surface area contributed by atoms with Crippen LogP contribution in [0.2, 0.25) is 0 Å². The fraction of sp³-hybridized carbons (Fsp3) is 0.222. The SMILES string of the molecule is CCNS(=O)(=O)NC(=O)c1ccccc1F. The molecule has 1 aromatic rings. The van der Waals surface area contributed by atoms with Gasteiger partial charge in [-0.25, -0.2) is 9.11 Å². The van der Waals surface area contributed by atoms with Gasteiger partial charge in [0.1, 0.15) is 5.82 Å². The molecule has 88 valence electrons. The molecule has 0 spiro atoms. The summed E-state index contributed by atoms with van der Waals surface area (Å²) in [7, 11) is -3.91. The number of carbonyl (C=O) groups excluding carboxylic acids is 1. The zero-order valence-corrected chi connectivity index (χ0v) is 9.34. The lowest BCUT2D eigenvalue weighted by atomic mass is 10.2. The quantitative estimate of drug-likeness (QED) is 0.808. The summed E-state index contributed by atoms with van der Waals surface area (Å²) in [5, 5.41) is 0. The zero-order valence-electron chi connectivity index (χ0n) is 8.53. The van der Waals surface area contributed by atoms with Crippen molar-refractivity contribution in [3.05, 3.63) is 35.6 Å². The molecule has 0 heterocycles. The van der Waals surface area contributed by atoms with Crippen LogP contribution < -0.4 is 9.44 Å². The molecule has 5 nitrogen and oxygen atoms in total. The maximum absolute atomic E-state index is 13.1. The van der Waals surface area contributed by atoms with E-state index in [0.717, 1.165) is 6.07 Å². The molecule has 0 aliphatic carbocycles. The Kier molecular flexibility index (Phi) is 3.97. The average Bonchev–Trinajstić information content (AvgIpc) is 2.17. The Morgan fingerprint density at radius 1 is 1.38 bits per heavy atom. The van der Waals surface area contributed by atoms with Gasteiger partial charge in [-0.2, -0.15) is 13.1 Å². The van der Waals surface area contributed by atoms with E-state index in [0.29, 0.717) is 0 Å². The summed E-state index contributed by atoms with van der Waals surface area (Å²) in [4.78, 5) is 11.4. The number of amides is 1. The molecular weight excluding hydrogens is 235 g/mol. The Balaban J connectivity index is 2.85. The van der Waals surface area contributed by atoms with E-state index in [4.69, 9.17) is 0 Å². The van der Waals surface area contributed by atoms with Gasteiger partial charge in [-0.1, -0.05) is 19.1 Å². The molecule has 0 bridgehead atoms. The molecule has 0 aromatic heterocycles. The number of benzene rings is 1. The summed E-state index contributed by atoms with van der Waals surface area (Å²) in [5.41, 5.74) is -0.316. The molecule has 0 aliphatic rings. The van der Waals surface area contributed by atoms with Crippen molar-refractivity contribution in [2.75, 3.05) is 6.54 Å². The lowest BCUT2D eigenvalue weighted by molar-refractivity contribution is 0.0977. The van der Waals surface area contributed by atoms with Crippen LogP contribution in [0.4, 0.5) is 4.39 Å². The molecule has 7 heteroatoms. The Labute approximate surface area is 92.8 Å². The van der Waals surface area contributed by atoms with E-state index in [1.54, 1.807) is 11.6 Å². The summed E-state index contributed by atoms with van der Waals surface area (Å²) < 4.78 is 39.2. The van der Waals surface area contributed by atoms with Crippen molar-refractivity contribution in [3.8, 4) is 0 Å². The third-order valence-corrected chi connectivity index (χ3v) is 2.80. The Morgan fingerprint density at radius 3 is 2.56 bits per heavy atom. The van der Waals surface area contributed by atoms with Crippen molar-refractivity contribution in [3.63, 3.8) is 0 Å². The van der Waals surface area contributed by atoms with E-state index in [-0.39, 0.29) is 12.1 Å². The van der Waals surface area contributed by atoms with E-state index < -0.39 is 21.9 Å². The summed E-state index contributed by atoms with van der Waals surface area (Å²) in [5.74, 6) is -1.77. The van der Waals surface area contributed by atoms with Crippen LogP contribution in [-0.2, 0) is 10.2 Å². The van der Waals surface area contributed by atoms with Gasteiger partial charge in [-0.15, -0.1) is 0 Å². The molecule has 0 saturated heterocycles. The molecule has 0 atom stereocenters. The molecule has 1 amide bonds. The lowest BCUT2D eigenvalue weighted by Gasteiger charge is -2.06. The van der Waals surface area contributed by atoms with Gasteiger partial charge in [0.05, 0.1) is 5.56 Å². The minimum atomic E-state index is -3.91. The highest BCUT2D eigenvalue weighted by Crippen LogP contribution is 2.05. The van der Waals surface area contributed by atoms with Crippen LogP contribution >= 0.6 is 0 Å². The van der Waals surface area contributed by atoms with Gasteiger partial charge in [0.2, 0.25) is 0 Å². The average molecular weight is 246 g/mol. The number of halogens is 1. The molecule has 0 saturated carbocycles. The number of nitrogens with one attached hydrogen (secondary N) is 2. The molecule has 0 aliphatic heterocycles. The van der Waals surface area contributed by atoms with Crippen molar-refractivity contribution in [1.82, 2.24) is 9.44 Å².